The van der Waals surface area contributed by atoms with E-state index in [2.05, 4.69) is 4.98 Å². The molecule has 0 aliphatic carbocycles. The summed E-state index contributed by atoms with van der Waals surface area (Å²) in [6.07, 6.45) is 3.56. The van der Waals surface area contributed by atoms with Crippen LogP contribution in [0.2, 0.25) is 5.02 Å². The lowest BCUT2D eigenvalue weighted by atomic mass is 10.1. The number of hydrogen-bond acceptors (Lipinski definition) is 4. The zero-order valence-electron chi connectivity index (χ0n) is 13.7. The van der Waals surface area contributed by atoms with Crippen LogP contribution >= 0.6 is 23.4 Å². The first-order valence-corrected chi connectivity index (χ1v) is 9.36. The Balaban J connectivity index is 1.78. The fraction of sp³-hybridized carbons (Fsp3) is 0.158. The van der Waals surface area contributed by atoms with Gasteiger partial charge in [-0.25, -0.2) is 4.98 Å². The minimum absolute atomic E-state index is 0.280. The van der Waals surface area contributed by atoms with E-state index in [1.807, 2.05) is 64.6 Å². The van der Waals surface area contributed by atoms with Crippen LogP contribution in [-0.2, 0) is 21.9 Å². The molecule has 1 aromatic heterocycles. The maximum Gasteiger partial charge on any atom is 0.236 e. The third-order valence-electron chi connectivity index (χ3n) is 4.34. The summed E-state index contributed by atoms with van der Waals surface area (Å²) in [6, 6.07) is 15.2. The van der Waals surface area contributed by atoms with E-state index in [1.165, 1.54) is 11.8 Å². The van der Waals surface area contributed by atoms with Crippen LogP contribution in [0, 0.1) is 0 Å². The molecule has 0 spiro atoms. The van der Waals surface area contributed by atoms with Gasteiger partial charge in [0.15, 0.2) is 5.72 Å². The first-order chi connectivity index (χ1) is 12.6. The van der Waals surface area contributed by atoms with Gasteiger partial charge in [-0.3, -0.25) is 9.36 Å². The number of carbonyl (C=O) groups is 1. The van der Waals surface area contributed by atoms with E-state index in [0.717, 1.165) is 16.6 Å². The molecule has 1 amide bonds. The molecule has 2 heterocycles. The van der Waals surface area contributed by atoms with E-state index in [0.29, 0.717) is 5.02 Å². The number of carbonyl (C=O) groups excluding carboxylic acids is 1. The fourth-order valence-electron chi connectivity index (χ4n) is 3.13. The van der Waals surface area contributed by atoms with Crippen molar-refractivity contribution >= 4 is 40.3 Å². The molecule has 7 heteroatoms. The van der Waals surface area contributed by atoms with Gasteiger partial charge in [0, 0.05) is 5.02 Å². The van der Waals surface area contributed by atoms with Crippen LogP contribution in [-0.4, -0.2) is 20.7 Å². The third-order valence-corrected chi connectivity index (χ3v) is 5.72. The van der Waals surface area contributed by atoms with Crippen LogP contribution in [0.25, 0.3) is 11.0 Å². The number of nitrogens with two attached hydrogens (primary N) is 1. The fourth-order valence-corrected chi connectivity index (χ4v) is 4.37. The highest BCUT2D eigenvalue weighted by Crippen LogP contribution is 2.42. The van der Waals surface area contributed by atoms with E-state index in [9.17, 15) is 4.79 Å². The highest BCUT2D eigenvalue weighted by molar-refractivity contribution is 8.03. The van der Waals surface area contributed by atoms with Crippen LogP contribution in [0.5, 0.6) is 0 Å². The van der Waals surface area contributed by atoms with Crippen molar-refractivity contribution in [2.75, 3.05) is 0 Å². The van der Waals surface area contributed by atoms with E-state index < -0.39 is 16.9 Å². The predicted molar refractivity (Wildman–Crippen MR) is 104 cm³/mol. The summed E-state index contributed by atoms with van der Waals surface area (Å²) in [4.78, 5) is 16.6. The second kappa shape index (κ2) is 6.79. The Hall–Kier alpha value is -2.28. The second-order valence-electron chi connectivity index (χ2n) is 5.99. The van der Waals surface area contributed by atoms with Crippen LogP contribution in [0.15, 0.2) is 66.3 Å². The zero-order valence-corrected chi connectivity index (χ0v) is 15.3. The molecule has 0 fully saturated rings. The molecule has 2 unspecified atom stereocenters. The zero-order chi connectivity index (χ0) is 18.1. The molecule has 1 aliphatic rings. The molecule has 1 aliphatic heterocycles. The van der Waals surface area contributed by atoms with Crippen molar-refractivity contribution in [3.05, 3.63) is 76.9 Å². The number of benzene rings is 2. The lowest BCUT2D eigenvalue weighted by Gasteiger charge is -2.34. The molecule has 2 atom stereocenters. The average Bonchev–Trinajstić information content (AvgIpc) is 3.25. The van der Waals surface area contributed by atoms with Crippen LogP contribution in [0.1, 0.15) is 5.56 Å². The van der Waals surface area contributed by atoms with Crippen LogP contribution in [0.4, 0.5) is 0 Å². The Bertz CT molecular complexity index is 1000. The lowest BCUT2D eigenvalue weighted by molar-refractivity contribution is -0.129. The topological polar surface area (TPSA) is 70.1 Å². The maximum absolute atomic E-state index is 12.1. The van der Waals surface area contributed by atoms with Gasteiger partial charge in [-0.05, 0) is 41.3 Å². The van der Waals surface area contributed by atoms with Crippen molar-refractivity contribution in [1.29, 1.82) is 0 Å². The first kappa shape index (κ1) is 17.1. The largest absolute Gasteiger partial charge is 0.369 e. The number of thioether (sulfide) groups is 1. The summed E-state index contributed by atoms with van der Waals surface area (Å²) in [5.74, 6) is -0.441. The molecule has 2 N–H and O–H groups in total. The Morgan fingerprint density at radius 1 is 1.31 bits per heavy atom. The number of aromatic nitrogens is 2. The Morgan fingerprint density at radius 3 is 2.96 bits per heavy atom. The summed E-state index contributed by atoms with van der Waals surface area (Å²) in [5.41, 5.74) is 7.25. The second-order valence-corrected chi connectivity index (χ2v) is 7.45. The SMILES string of the molecule is NC(=O)C1SC=CC1(OCc1cccc(Cl)c1)n1cnc2ccccc21. The van der Waals surface area contributed by atoms with Crippen molar-refractivity contribution in [2.45, 2.75) is 17.6 Å². The molecule has 0 saturated heterocycles. The normalized spacial score (nSPS) is 22.1. The number of halogens is 1. The molecule has 0 radical (unpaired) electrons. The summed E-state index contributed by atoms with van der Waals surface area (Å²) in [7, 11) is 0. The Morgan fingerprint density at radius 2 is 2.15 bits per heavy atom. The highest BCUT2D eigenvalue weighted by Gasteiger charge is 2.47. The molecule has 26 heavy (non-hydrogen) atoms. The highest BCUT2D eigenvalue weighted by atomic mass is 35.5. The van der Waals surface area contributed by atoms with Gasteiger partial charge in [0.1, 0.15) is 5.25 Å². The molecular weight excluding hydrogens is 370 g/mol. The average molecular weight is 386 g/mol. The standard InChI is InChI=1S/C19H16ClN3O2S/c20-14-5-3-4-13(10-14)11-25-19(8-9-26-17(19)18(21)24)23-12-22-15-6-1-2-7-16(15)23/h1-10,12,17H,11H2,(H2,21,24). The number of nitrogens with zero attached hydrogens (tertiary/aromatic N) is 2. The molecular formula is C19H16ClN3O2S. The molecule has 5 nitrogen and oxygen atoms in total. The van der Waals surface area contributed by atoms with Crippen molar-refractivity contribution in [3.8, 4) is 0 Å². The first-order valence-electron chi connectivity index (χ1n) is 8.03. The van der Waals surface area contributed by atoms with E-state index in [4.69, 9.17) is 22.1 Å². The number of primary amides is 1. The van der Waals surface area contributed by atoms with Gasteiger partial charge >= 0.3 is 0 Å². The number of rotatable bonds is 5. The maximum atomic E-state index is 12.1. The van der Waals surface area contributed by atoms with Gasteiger partial charge in [0.25, 0.3) is 0 Å². The molecule has 0 saturated carbocycles. The minimum atomic E-state index is -1.05. The third kappa shape index (κ3) is 2.90. The molecule has 4 rings (SSSR count). The summed E-state index contributed by atoms with van der Waals surface area (Å²) >= 11 is 7.42. The van der Waals surface area contributed by atoms with Crippen molar-refractivity contribution in [3.63, 3.8) is 0 Å². The van der Waals surface area contributed by atoms with Gasteiger partial charge in [0.05, 0.1) is 24.0 Å². The smallest absolute Gasteiger partial charge is 0.236 e. The Kier molecular flexibility index (Phi) is 4.48. The number of fused-ring (bicyclic) bond motifs is 1. The monoisotopic (exact) mass is 385 g/mol. The number of amides is 1. The number of para-hydroxylation sites is 2. The lowest BCUT2D eigenvalue weighted by Crippen LogP contribution is -2.48. The van der Waals surface area contributed by atoms with Crippen molar-refractivity contribution < 1.29 is 9.53 Å². The minimum Gasteiger partial charge on any atom is -0.369 e. The summed E-state index contributed by atoms with van der Waals surface area (Å²) in [6.45, 7) is 0.280. The summed E-state index contributed by atoms with van der Waals surface area (Å²) in [5, 5.41) is 1.89. The molecule has 0 bridgehead atoms. The number of ether oxygens (including phenoxy) is 1. The summed E-state index contributed by atoms with van der Waals surface area (Å²) < 4.78 is 8.19. The Labute approximate surface area is 159 Å². The van der Waals surface area contributed by atoms with Gasteiger partial charge in [-0.2, -0.15) is 0 Å². The van der Waals surface area contributed by atoms with E-state index in [-0.39, 0.29) is 6.61 Å². The van der Waals surface area contributed by atoms with Crippen molar-refractivity contribution in [2.24, 2.45) is 5.73 Å². The number of imidazole rings is 1. The van der Waals surface area contributed by atoms with E-state index >= 15 is 0 Å². The van der Waals surface area contributed by atoms with Crippen LogP contribution in [0.3, 0.4) is 0 Å². The number of hydrogen-bond donors (Lipinski definition) is 1. The predicted octanol–water partition coefficient (Wildman–Crippen LogP) is 3.67. The van der Waals surface area contributed by atoms with Gasteiger partial charge in [-0.1, -0.05) is 35.9 Å². The van der Waals surface area contributed by atoms with Crippen LogP contribution < -0.4 is 5.73 Å². The quantitative estimate of drug-likeness (QED) is 0.727. The van der Waals surface area contributed by atoms with Gasteiger partial charge in [-0.15, -0.1) is 11.8 Å². The molecule has 2 aromatic carbocycles. The molecule has 132 valence electrons. The van der Waals surface area contributed by atoms with Gasteiger partial charge < -0.3 is 10.5 Å². The molecule has 3 aromatic rings. The van der Waals surface area contributed by atoms with E-state index in [1.54, 1.807) is 6.33 Å². The van der Waals surface area contributed by atoms with Crippen molar-refractivity contribution in [1.82, 2.24) is 9.55 Å². The van der Waals surface area contributed by atoms with Gasteiger partial charge in [0.2, 0.25) is 5.91 Å².